The second kappa shape index (κ2) is 8.74. The maximum atomic E-state index is 12.0. The van der Waals surface area contributed by atoms with Crippen molar-refractivity contribution in [2.24, 2.45) is 0 Å². The molecular formula is C18H17Cl2NO4. The number of carbonyl (C=O) groups excluding carboxylic acids is 2. The Balaban J connectivity index is 1.89. The third-order valence-electron chi connectivity index (χ3n) is 3.51. The number of methoxy groups -OCH3 is 1. The molecule has 0 aliphatic rings. The van der Waals surface area contributed by atoms with Gasteiger partial charge in [-0.25, -0.2) is 4.79 Å². The summed E-state index contributed by atoms with van der Waals surface area (Å²) < 4.78 is 10.00. The zero-order chi connectivity index (χ0) is 18.4. The summed E-state index contributed by atoms with van der Waals surface area (Å²) in [6.45, 7) is 1.92. The second-order valence-corrected chi connectivity index (χ2v) is 6.07. The van der Waals surface area contributed by atoms with Crippen LogP contribution in [0.5, 0.6) is 5.75 Å². The Kier molecular flexibility index (Phi) is 6.67. The van der Waals surface area contributed by atoms with Gasteiger partial charge in [0.2, 0.25) is 0 Å². The van der Waals surface area contributed by atoms with E-state index in [-0.39, 0.29) is 21.4 Å². The lowest BCUT2D eigenvalue weighted by Gasteiger charge is -2.10. The predicted octanol–water partition coefficient (Wildman–Crippen LogP) is 3.78. The standard InChI is InChI=1S/C18H17Cl2NO4/c1-11-5-3-4-6-12(11)9-21-16(22)10-25-18(23)13-7-14(19)17(24-2)15(20)8-13/h3-8H,9-10H2,1-2H3,(H,21,22). The van der Waals surface area contributed by atoms with Crippen LogP contribution in [0, 0.1) is 6.92 Å². The number of hydrogen-bond acceptors (Lipinski definition) is 4. The van der Waals surface area contributed by atoms with Gasteiger partial charge in [0, 0.05) is 6.54 Å². The molecule has 2 rings (SSSR count). The number of benzene rings is 2. The molecule has 0 saturated carbocycles. The van der Waals surface area contributed by atoms with Gasteiger partial charge >= 0.3 is 5.97 Å². The van der Waals surface area contributed by atoms with Crippen LogP contribution in [-0.4, -0.2) is 25.6 Å². The van der Waals surface area contributed by atoms with E-state index < -0.39 is 18.5 Å². The summed E-state index contributed by atoms with van der Waals surface area (Å²) in [6, 6.07) is 10.4. The zero-order valence-corrected chi connectivity index (χ0v) is 15.3. The largest absolute Gasteiger partial charge is 0.494 e. The first-order valence-corrected chi connectivity index (χ1v) is 8.19. The van der Waals surface area contributed by atoms with Crippen LogP contribution in [0.3, 0.4) is 0 Å². The summed E-state index contributed by atoms with van der Waals surface area (Å²) in [6.07, 6.45) is 0. The van der Waals surface area contributed by atoms with Crippen LogP contribution in [0.4, 0.5) is 0 Å². The first kappa shape index (κ1) is 19.1. The molecule has 0 aliphatic carbocycles. The average molecular weight is 382 g/mol. The van der Waals surface area contributed by atoms with E-state index >= 15 is 0 Å². The molecule has 0 spiro atoms. The first-order chi connectivity index (χ1) is 11.9. The van der Waals surface area contributed by atoms with Crippen LogP contribution in [0.1, 0.15) is 21.5 Å². The van der Waals surface area contributed by atoms with E-state index in [0.717, 1.165) is 11.1 Å². The molecule has 0 atom stereocenters. The minimum Gasteiger partial charge on any atom is -0.494 e. The Labute approximate surface area is 155 Å². The summed E-state index contributed by atoms with van der Waals surface area (Å²) in [7, 11) is 1.42. The third-order valence-corrected chi connectivity index (χ3v) is 4.07. The monoisotopic (exact) mass is 381 g/mol. The van der Waals surface area contributed by atoms with Gasteiger partial charge in [-0.1, -0.05) is 47.5 Å². The topological polar surface area (TPSA) is 64.6 Å². The Morgan fingerprint density at radius 1 is 1.12 bits per heavy atom. The van der Waals surface area contributed by atoms with Gasteiger partial charge in [0.05, 0.1) is 22.7 Å². The lowest BCUT2D eigenvalue weighted by molar-refractivity contribution is -0.124. The molecule has 1 amide bonds. The quantitative estimate of drug-likeness (QED) is 0.773. The highest BCUT2D eigenvalue weighted by Gasteiger charge is 2.15. The van der Waals surface area contributed by atoms with E-state index in [2.05, 4.69) is 5.32 Å². The van der Waals surface area contributed by atoms with Gasteiger partial charge < -0.3 is 14.8 Å². The lowest BCUT2D eigenvalue weighted by atomic mass is 10.1. The van der Waals surface area contributed by atoms with E-state index in [1.54, 1.807) is 0 Å². The minimum atomic E-state index is -0.697. The molecule has 0 radical (unpaired) electrons. The van der Waals surface area contributed by atoms with Gasteiger partial charge in [-0.05, 0) is 30.2 Å². The van der Waals surface area contributed by atoms with Crippen molar-refractivity contribution >= 4 is 35.1 Å². The summed E-state index contributed by atoms with van der Waals surface area (Å²) in [5, 5.41) is 3.07. The van der Waals surface area contributed by atoms with Crippen molar-refractivity contribution in [1.29, 1.82) is 0 Å². The molecule has 0 heterocycles. The van der Waals surface area contributed by atoms with Crippen LogP contribution in [0.15, 0.2) is 36.4 Å². The van der Waals surface area contributed by atoms with E-state index in [0.29, 0.717) is 6.54 Å². The van der Waals surface area contributed by atoms with Crippen molar-refractivity contribution in [3.05, 3.63) is 63.1 Å². The van der Waals surface area contributed by atoms with Crippen molar-refractivity contribution in [3.8, 4) is 5.75 Å². The van der Waals surface area contributed by atoms with Crippen LogP contribution >= 0.6 is 23.2 Å². The molecule has 0 aromatic heterocycles. The molecule has 0 fully saturated rings. The Bertz CT molecular complexity index is 769. The molecule has 0 unspecified atom stereocenters. The Hall–Kier alpha value is -2.24. The number of esters is 1. The lowest BCUT2D eigenvalue weighted by Crippen LogP contribution is -2.28. The van der Waals surface area contributed by atoms with E-state index in [9.17, 15) is 9.59 Å². The summed E-state index contributed by atoms with van der Waals surface area (Å²) in [4.78, 5) is 23.9. The van der Waals surface area contributed by atoms with E-state index in [1.807, 2.05) is 31.2 Å². The minimum absolute atomic E-state index is 0.141. The van der Waals surface area contributed by atoms with Crippen LogP contribution in [0.2, 0.25) is 10.0 Å². The number of nitrogens with one attached hydrogen (secondary N) is 1. The van der Waals surface area contributed by atoms with Crippen LogP contribution in [0.25, 0.3) is 0 Å². The maximum Gasteiger partial charge on any atom is 0.338 e. The van der Waals surface area contributed by atoms with Gasteiger partial charge in [-0.2, -0.15) is 0 Å². The average Bonchev–Trinajstić information content (AvgIpc) is 2.58. The molecule has 2 aromatic rings. The highest BCUT2D eigenvalue weighted by Crippen LogP contribution is 2.33. The first-order valence-electron chi connectivity index (χ1n) is 7.43. The molecule has 0 bridgehead atoms. The van der Waals surface area contributed by atoms with Gasteiger partial charge in [0.15, 0.2) is 12.4 Å². The van der Waals surface area contributed by atoms with E-state index in [1.165, 1.54) is 19.2 Å². The van der Waals surface area contributed by atoms with Gasteiger partial charge in [-0.3, -0.25) is 4.79 Å². The fourth-order valence-electron chi connectivity index (χ4n) is 2.14. The fourth-order valence-corrected chi connectivity index (χ4v) is 2.78. The molecule has 0 aliphatic heterocycles. The fraction of sp³-hybridized carbons (Fsp3) is 0.222. The zero-order valence-electron chi connectivity index (χ0n) is 13.8. The number of aryl methyl sites for hydroxylation is 1. The number of rotatable bonds is 6. The number of amides is 1. The number of ether oxygens (including phenoxy) is 2. The predicted molar refractivity (Wildman–Crippen MR) is 96.3 cm³/mol. The summed E-state index contributed by atoms with van der Waals surface area (Å²) in [5.74, 6) is -0.823. The van der Waals surface area contributed by atoms with Crippen molar-refractivity contribution in [3.63, 3.8) is 0 Å². The highest BCUT2D eigenvalue weighted by molar-refractivity contribution is 6.37. The van der Waals surface area contributed by atoms with Gasteiger partial charge in [-0.15, -0.1) is 0 Å². The Morgan fingerprint density at radius 3 is 2.36 bits per heavy atom. The molecular weight excluding hydrogens is 365 g/mol. The molecule has 25 heavy (non-hydrogen) atoms. The molecule has 132 valence electrons. The van der Waals surface area contributed by atoms with Crippen LogP contribution in [-0.2, 0) is 16.1 Å². The molecule has 0 saturated heterocycles. The smallest absolute Gasteiger partial charge is 0.338 e. The van der Waals surface area contributed by atoms with Crippen LogP contribution < -0.4 is 10.1 Å². The molecule has 7 heteroatoms. The van der Waals surface area contributed by atoms with Crippen molar-refractivity contribution in [2.75, 3.05) is 13.7 Å². The van der Waals surface area contributed by atoms with Gasteiger partial charge in [0.25, 0.3) is 5.91 Å². The van der Waals surface area contributed by atoms with Crippen molar-refractivity contribution in [2.45, 2.75) is 13.5 Å². The summed E-state index contributed by atoms with van der Waals surface area (Å²) in [5.41, 5.74) is 2.21. The molecule has 2 aromatic carbocycles. The summed E-state index contributed by atoms with van der Waals surface area (Å²) >= 11 is 12.0. The normalized spacial score (nSPS) is 10.2. The maximum absolute atomic E-state index is 12.0. The van der Waals surface area contributed by atoms with Gasteiger partial charge in [0.1, 0.15) is 0 Å². The van der Waals surface area contributed by atoms with Crippen molar-refractivity contribution < 1.29 is 19.1 Å². The third kappa shape index (κ3) is 5.11. The van der Waals surface area contributed by atoms with Crippen molar-refractivity contribution in [1.82, 2.24) is 5.32 Å². The SMILES string of the molecule is COc1c(Cl)cc(C(=O)OCC(=O)NCc2ccccc2C)cc1Cl. The number of halogens is 2. The highest BCUT2D eigenvalue weighted by atomic mass is 35.5. The molecule has 5 nitrogen and oxygen atoms in total. The van der Waals surface area contributed by atoms with E-state index in [4.69, 9.17) is 32.7 Å². The molecule has 1 N–H and O–H groups in total. The number of carbonyl (C=O) groups is 2. The number of hydrogen-bond donors (Lipinski definition) is 1. The Morgan fingerprint density at radius 2 is 1.76 bits per heavy atom. The second-order valence-electron chi connectivity index (χ2n) is 5.25.